The second-order valence-corrected chi connectivity index (χ2v) is 1.02. The fraction of sp³-hybridized carbons (Fsp3) is 0. The summed E-state index contributed by atoms with van der Waals surface area (Å²) in [4.78, 5) is 0. The van der Waals surface area contributed by atoms with Gasteiger partial charge in [0.05, 0.1) is 0 Å². The van der Waals surface area contributed by atoms with Crippen molar-refractivity contribution < 1.29 is 20.8 Å². The molecule has 0 aliphatic heterocycles. The van der Waals surface area contributed by atoms with Crippen molar-refractivity contribution in [3.63, 3.8) is 0 Å². The molecular formula is CH2NNiOS. The Morgan fingerprint density at radius 3 is 2.20 bits per heavy atom. The second kappa shape index (κ2) is 2.42. The molecule has 0 aromatic carbocycles. The molecule has 0 unspecified atom stereocenters. The third-order valence-corrected chi connectivity index (χ3v) is 0.545. The van der Waals surface area contributed by atoms with Crippen molar-refractivity contribution in [3.8, 4) is 0 Å². The van der Waals surface area contributed by atoms with E-state index in [0.29, 0.717) is 0 Å². The fourth-order valence-electron chi connectivity index (χ4n) is 0. The normalized spacial score (nSPS) is 6.80. The molecule has 0 fully saturated rings. The molecule has 0 saturated heterocycles. The Kier molecular flexibility index (Phi) is 2.51. The third kappa shape index (κ3) is 4.18. The Labute approximate surface area is 43.1 Å². The second-order valence-electron chi connectivity index (χ2n) is 0.384. The average molecular weight is 135 g/mol. The Morgan fingerprint density at radius 2 is 2.20 bits per heavy atom. The van der Waals surface area contributed by atoms with E-state index in [-0.39, 0.29) is 5.17 Å². The van der Waals surface area contributed by atoms with Gasteiger partial charge < -0.3 is 0 Å². The summed E-state index contributed by atoms with van der Waals surface area (Å²) in [5, 5.41) is 7.56. The van der Waals surface area contributed by atoms with Crippen LogP contribution in [-0.4, -0.2) is 10.3 Å². The summed E-state index contributed by atoms with van der Waals surface area (Å²) < 4.78 is 1.94. The van der Waals surface area contributed by atoms with Crippen LogP contribution in [0.1, 0.15) is 0 Å². The molecule has 0 aromatic heterocycles. The van der Waals surface area contributed by atoms with Gasteiger partial charge in [0.25, 0.3) is 0 Å². The summed E-state index contributed by atoms with van der Waals surface area (Å²) in [6.07, 6.45) is 0. The molecule has 0 aliphatic carbocycles. The first-order chi connectivity index (χ1) is 2.27. The molecule has 0 bridgehead atoms. The molecule has 2 nitrogen and oxygen atoms in total. The molecule has 4 heteroatoms. The van der Waals surface area contributed by atoms with Crippen LogP contribution in [0, 0.1) is 0 Å². The molecule has 0 amide bonds. The zero-order valence-corrected chi connectivity index (χ0v) is 3.98. The van der Waals surface area contributed by atoms with Crippen molar-refractivity contribution in [2.45, 2.75) is 0 Å². The van der Waals surface area contributed by atoms with Crippen LogP contribution in [0.15, 0.2) is 0 Å². The van der Waals surface area contributed by atoms with E-state index in [1.165, 1.54) is 0 Å². The Bertz CT molecular complexity index is 46.9. The van der Waals surface area contributed by atoms with Crippen LogP contribution < -0.4 is 4.40 Å². The minimum absolute atomic E-state index is 0.329. The molecule has 0 heterocycles. The Balaban J connectivity index is 2.85. The summed E-state index contributed by atoms with van der Waals surface area (Å²) >= 11 is 7.83. The van der Waals surface area contributed by atoms with Gasteiger partial charge >= 0.3 is 42.6 Å². The van der Waals surface area contributed by atoms with Crippen LogP contribution >= 0.6 is 12.2 Å². The van der Waals surface area contributed by atoms with Gasteiger partial charge in [0.1, 0.15) is 0 Å². The van der Waals surface area contributed by atoms with Crippen LogP contribution in [0.25, 0.3) is 0 Å². The maximum atomic E-state index is 7.89. The Hall–Kier alpha value is 0.184. The van der Waals surface area contributed by atoms with Crippen molar-refractivity contribution in [3.05, 3.63) is 0 Å². The van der Waals surface area contributed by atoms with Gasteiger partial charge in [-0.15, -0.1) is 0 Å². The Morgan fingerprint density at radius 1 is 2.00 bits per heavy atom. The van der Waals surface area contributed by atoms with E-state index in [4.69, 9.17) is 5.11 Å². The molecular weight excluding hydrogens is 133 g/mol. The summed E-state index contributed by atoms with van der Waals surface area (Å²) in [6, 6.07) is 0. The quantitative estimate of drug-likeness (QED) is 0.358. The van der Waals surface area contributed by atoms with Gasteiger partial charge in [-0.3, -0.25) is 0 Å². The van der Waals surface area contributed by atoms with E-state index in [1.54, 1.807) is 0 Å². The van der Waals surface area contributed by atoms with E-state index in [1.807, 2.05) is 4.40 Å². The summed E-state index contributed by atoms with van der Waals surface area (Å²) in [6.45, 7) is 0. The number of nitrogens with one attached hydrogen (secondary N) is 1. The van der Waals surface area contributed by atoms with Crippen LogP contribution in [0.2, 0.25) is 0 Å². The summed E-state index contributed by atoms with van der Waals surface area (Å²) in [5.74, 6) is 0. The number of hydrogen-bond donors (Lipinski definition) is 2. The van der Waals surface area contributed by atoms with E-state index in [0.717, 1.165) is 0 Å². The average Bonchev–Trinajstić information content (AvgIpc) is 1.38. The maximum absolute atomic E-state index is 7.89. The van der Waals surface area contributed by atoms with E-state index < -0.39 is 0 Å². The predicted octanol–water partition coefficient (Wildman–Crippen LogP) is -0.119. The first kappa shape index (κ1) is 5.18. The molecule has 0 rings (SSSR count). The van der Waals surface area contributed by atoms with Crippen molar-refractivity contribution in [2.75, 3.05) is 0 Å². The standard InChI is InChI=1S/CH3NOS.Ni/c2-1(3)4;/h(H3,2,3,4);/q;+1/p-1. The van der Waals surface area contributed by atoms with E-state index in [2.05, 4.69) is 27.9 Å². The molecule has 2 N–H and O–H groups in total. The third-order valence-electron chi connectivity index (χ3n) is 0.0676. The fourth-order valence-corrected chi connectivity index (χ4v) is 0. The first-order valence-corrected chi connectivity index (χ1v) is 1.74. The number of thiocarbonyl (C=S) groups is 1. The molecule has 0 radical (unpaired) electrons. The van der Waals surface area contributed by atoms with Gasteiger partial charge in [-0.25, -0.2) is 0 Å². The van der Waals surface area contributed by atoms with Crippen molar-refractivity contribution in [1.82, 2.24) is 4.40 Å². The molecule has 0 aromatic rings. The number of rotatable bonds is 0. The minimum atomic E-state index is -0.329. The van der Waals surface area contributed by atoms with Crippen LogP contribution in [-0.2, 0) is 15.7 Å². The zero-order valence-electron chi connectivity index (χ0n) is 2.17. The van der Waals surface area contributed by atoms with Crippen molar-refractivity contribution in [2.24, 2.45) is 0 Å². The SMILES string of the molecule is OC(=S)[NH][Ni]. The summed E-state index contributed by atoms with van der Waals surface area (Å²) in [7, 11) is 0. The summed E-state index contributed by atoms with van der Waals surface area (Å²) in [5.41, 5.74) is 0. The van der Waals surface area contributed by atoms with Crippen LogP contribution in [0.4, 0.5) is 0 Å². The van der Waals surface area contributed by atoms with Gasteiger partial charge in [0.15, 0.2) is 0 Å². The molecule has 5 heavy (non-hydrogen) atoms. The van der Waals surface area contributed by atoms with Crippen molar-refractivity contribution in [1.29, 1.82) is 0 Å². The van der Waals surface area contributed by atoms with Gasteiger partial charge in [-0.1, -0.05) is 0 Å². The van der Waals surface area contributed by atoms with Crippen LogP contribution in [0.3, 0.4) is 0 Å². The number of aliphatic hydroxyl groups is 1. The zero-order chi connectivity index (χ0) is 4.28. The molecule has 0 spiro atoms. The van der Waals surface area contributed by atoms with E-state index in [9.17, 15) is 0 Å². The molecule has 0 aliphatic rings. The number of hydrogen-bond acceptors (Lipinski definition) is 1. The predicted molar refractivity (Wildman–Crippen MR) is 18.4 cm³/mol. The number of aliphatic hydroxyl groups excluding tert-OH is 1. The monoisotopic (exact) mass is 134 g/mol. The van der Waals surface area contributed by atoms with E-state index >= 15 is 0 Å². The van der Waals surface area contributed by atoms with Gasteiger partial charge in [-0.05, 0) is 0 Å². The van der Waals surface area contributed by atoms with Crippen molar-refractivity contribution >= 4 is 17.4 Å². The molecule has 0 atom stereocenters. The van der Waals surface area contributed by atoms with Gasteiger partial charge in [-0.2, -0.15) is 0 Å². The topological polar surface area (TPSA) is 32.3 Å². The molecule has 33 valence electrons. The van der Waals surface area contributed by atoms with Crippen LogP contribution in [0.5, 0.6) is 0 Å². The van der Waals surface area contributed by atoms with Gasteiger partial charge in [0, 0.05) is 0 Å². The first-order valence-electron chi connectivity index (χ1n) is 0.836. The van der Waals surface area contributed by atoms with Gasteiger partial charge in [0.2, 0.25) is 0 Å². The molecule has 0 saturated carbocycles.